The fraction of sp³-hybridized carbons (Fsp3) is 0.214. The largest absolute Gasteiger partial charge is 0.312 e. The molecule has 0 aliphatic rings. The fourth-order valence-corrected chi connectivity index (χ4v) is 2.66. The van der Waals surface area contributed by atoms with Gasteiger partial charge in [-0.05, 0) is 29.8 Å². The predicted octanol–water partition coefficient (Wildman–Crippen LogP) is 3.62. The van der Waals surface area contributed by atoms with Gasteiger partial charge >= 0.3 is 0 Å². The van der Waals surface area contributed by atoms with E-state index in [1.54, 1.807) is 6.20 Å². The average Bonchev–Trinajstić information content (AvgIpc) is 2.40. The Kier molecular flexibility index (Phi) is 5.52. The summed E-state index contributed by atoms with van der Waals surface area (Å²) < 4.78 is 0. The second-order valence-corrected chi connectivity index (χ2v) is 5.45. The van der Waals surface area contributed by atoms with Crippen LogP contribution in [0.3, 0.4) is 0 Å². The number of hydrogen-bond acceptors (Lipinski definition) is 3. The summed E-state index contributed by atoms with van der Waals surface area (Å²) in [6, 6.07) is 12.0. The van der Waals surface area contributed by atoms with Crippen molar-refractivity contribution in [3.8, 4) is 0 Å². The zero-order valence-corrected chi connectivity index (χ0v) is 11.5. The van der Waals surface area contributed by atoms with E-state index in [4.69, 9.17) is 11.6 Å². The molecule has 0 fully saturated rings. The Morgan fingerprint density at radius 1 is 1.22 bits per heavy atom. The minimum absolute atomic E-state index is 0.795. The van der Waals surface area contributed by atoms with Crippen molar-refractivity contribution in [2.45, 2.75) is 11.4 Å². The van der Waals surface area contributed by atoms with Crippen molar-refractivity contribution in [1.29, 1.82) is 0 Å². The first-order valence-corrected chi connectivity index (χ1v) is 7.19. The number of thioether (sulfide) groups is 1. The number of rotatable bonds is 6. The van der Waals surface area contributed by atoms with Crippen molar-refractivity contribution in [3.05, 3.63) is 59.4 Å². The molecule has 0 aliphatic carbocycles. The van der Waals surface area contributed by atoms with Crippen molar-refractivity contribution >= 4 is 23.4 Å². The second-order valence-electron chi connectivity index (χ2n) is 3.84. The van der Waals surface area contributed by atoms with E-state index in [0.717, 1.165) is 23.9 Å². The molecule has 1 N–H and O–H groups in total. The zero-order valence-electron chi connectivity index (χ0n) is 9.97. The maximum atomic E-state index is 5.93. The maximum Gasteiger partial charge on any atom is 0.0417 e. The van der Waals surface area contributed by atoms with Gasteiger partial charge in [0.1, 0.15) is 0 Å². The van der Waals surface area contributed by atoms with Gasteiger partial charge < -0.3 is 5.32 Å². The van der Waals surface area contributed by atoms with Crippen LogP contribution in [0.25, 0.3) is 0 Å². The van der Waals surface area contributed by atoms with E-state index >= 15 is 0 Å². The van der Waals surface area contributed by atoms with Crippen molar-refractivity contribution in [3.63, 3.8) is 0 Å². The van der Waals surface area contributed by atoms with Crippen LogP contribution < -0.4 is 5.32 Å². The van der Waals surface area contributed by atoms with Crippen LogP contribution in [0.2, 0.25) is 5.02 Å². The van der Waals surface area contributed by atoms with E-state index in [2.05, 4.69) is 22.4 Å². The molecule has 0 amide bonds. The van der Waals surface area contributed by atoms with Gasteiger partial charge in [-0.1, -0.05) is 23.7 Å². The molecule has 94 valence electrons. The van der Waals surface area contributed by atoms with Crippen LogP contribution in [0, 0.1) is 0 Å². The molecule has 1 aromatic carbocycles. The fourth-order valence-electron chi connectivity index (χ4n) is 1.53. The number of hydrogen-bond donors (Lipinski definition) is 1. The number of benzene rings is 1. The Hall–Kier alpha value is -1.03. The molecular weight excluding hydrogens is 264 g/mol. The summed E-state index contributed by atoms with van der Waals surface area (Å²) in [5.74, 6) is 1.03. The summed E-state index contributed by atoms with van der Waals surface area (Å²) >= 11 is 7.74. The molecule has 0 unspecified atom stereocenters. The number of nitrogens with one attached hydrogen (secondary N) is 1. The van der Waals surface area contributed by atoms with Gasteiger partial charge in [-0.25, -0.2) is 0 Å². The first-order chi connectivity index (χ1) is 8.84. The van der Waals surface area contributed by atoms with Crippen molar-refractivity contribution < 1.29 is 0 Å². The highest BCUT2D eigenvalue weighted by Crippen LogP contribution is 2.20. The summed E-state index contributed by atoms with van der Waals surface area (Å²) in [7, 11) is 0. The molecule has 2 nitrogen and oxygen atoms in total. The lowest BCUT2D eigenvalue weighted by Crippen LogP contribution is -2.16. The van der Waals surface area contributed by atoms with Gasteiger partial charge in [0.15, 0.2) is 0 Å². The number of halogens is 1. The van der Waals surface area contributed by atoms with Gasteiger partial charge in [-0.3, -0.25) is 4.98 Å². The first-order valence-electron chi connectivity index (χ1n) is 5.82. The average molecular weight is 279 g/mol. The Bertz CT molecular complexity index is 476. The van der Waals surface area contributed by atoms with Gasteiger partial charge in [-0.2, -0.15) is 0 Å². The summed E-state index contributed by atoms with van der Waals surface area (Å²) in [5, 5.41) is 4.19. The van der Waals surface area contributed by atoms with Crippen LogP contribution in [-0.4, -0.2) is 17.3 Å². The molecule has 0 atom stereocenters. The highest BCUT2D eigenvalue weighted by Gasteiger charge is 1.95. The summed E-state index contributed by atoms with van der Waals surface area (Å²) in [4.78, 5) is 5.29. The Morgan fingerprint density at radius 3 is 2.94 bits per heavy atom. The van der Waals surface area contributed by atoms with Crippen molar-refractivity contribution in [2.75, 3.05) is 12.3 Å². The molecule has 0 saturated heterocycles. The van der Waals surface area contributed by atoms with E-state index in [-0.39, 0.29) is 0 Å². The van der Waals surface area contributed by atoms with Gasteiger partial charge in [0.25, 0.3) is 0 Å². The zero-order chi connectivity index (χ0) is 12.6. The smallest absolute Gasteiger partial charge is 0.0417 e. The monoisotopic (exact) mass is 278 g/mol. The highest BCUT2D eigenvalue weighted by atomic mass is 35.5. The predicted molar refractivity (Wildman–Crippen MR) is 78.1 cm³/mol. The molecule has 18 heavy (non-hydrogen) atoms. The molecule has 0 aliphatic heterocycles. The number of pyridine rings is 1. The molecule has 1 heterocycles. The van der Waals surface area contributed by atoms with Crippen molar-refractivity contribution in [1.82, 2.24) is 10.3 Å². The summed E-state index contributed by atoms with van der Waals surface area (Å²) in [6.07, 6.45) is 3.68. The van der Waals surface area contributed by atoms with Crippen molar-refractivity contribution in [2.24, 2.45) is 0 Å². The van der Waals surface area contributed by atoms with Crippen LogP contribution in [0.15, 0.2) is 53.7 Å². The normalized spacial score (nSPS) is 10.5. The molecule has 0 saturated carbocycles. The third-order valence-electron chi connectivity index (χ3n) is 2.40. The molecule has 0 spiro atoms. The Balaban J connectivity index is 1.65. The third-order valence-corrected chi connectivity index (χ3v) is 3.63. The van der Waals surface area contributed by atoms with Crippen LogP contribution in [-0.2, 0) is 6.54 Å². The molecule has 2 aromatic rings. The number of nitrogens with zero attached hydrogens (tertiary/aromatic N) is 1. The molecular formula is C14H15ClN2S. The van der Waals surface area contributed by atoms with Gasteiger partial charge in [0.2, 0.25) is 0 Å². The topological polar surface area (TPSA) is 24.9 Å². The standard InChI is InChI=1S/C14H15ClN2S/c15-13-4-1-5-14(9-13)18-8-7-17-11-12-3-2-6-16-10-12/h1-6,9-10,17H,7-8,11H2. The lowest BCUT2D eigenvalue weighted by molar-refractivity contribution is 0.729. The quantitative estimate of drug-likeness (QED) is 0.645. The van der Waals surface area contributed by atoms with Gasteiger partial charge in [0, 0.05) is 41.2 Å². The minimum atomic E-state index is 0.795. The van der Waals surface area contributed by atoms with E-state index < -0.39 is 0 Å². The van der Waals surface area contributed by atoms with Crippen LogP contribution in [0.4, 0.5) is 0 Å². The minimum Gasteiger partial charge on any atom is -0.312 e. The van der Waals surface area contributed by atoms with E-state index in [1.807, 2.05) is 42.2 Å². The summed E-state index contributed by atoms with van der Waals surface area (Å²) in [6.45, 7) is 1.83. The Morgan fingerprint density at radius 2 is 2.17 bits per heavy atom. The maximum absolute atomic E-state index is 5.93. The van der Waals surface area contributed by atoms with Crippen LogP contribution in [0.5, 0.6) is 0 Å². The molecule has 4 heteroatoms. The van der Waals surface area contributed by atoms with Crippen LogP contribution >= 0.6 is 23.4 Å². The summed E-state index contributed by atoms with van der Waals surface area (Å²) in [5.41, 5.74) is 1.21. The van der Waals surface area contributed by atoms with E-state index in [0.29, 0.717) is 0 Å². The Labute approximate surface area is 117 Å². The van der Waals surface area contributed by atoms with E-state index in [9.17, 15) is 0 Å². The van der Waals surface area contributed by atoms with Crippen LogP contribution in [0.1, 0.15) is 5.56 Å². The SMILES string of the molecule is Clc1cccc(SCCNCc2cccnc2)c1. The molecule has 0 bridgehead atoms. The second kappa shape index (κ2) is 7.41. The molecule has 1 aromatic heterocycles. The van der Waals surface area contributed by atoms with Gasteiger partial charge in [-0.15, -0.1) is 11.8 Å². The lowest BCUT2D eigenvalue weighted by atomic mass is 10.3. The third kappa shape index (κ3) is 4.69. The lowest BCUT2D eigenvalue weighted by Gasteiger charge is -2.05. The first kappa shape index (κ1) is 13.4. The molecule has 0 radical (unpaired) electrons. The molecule has 2 rings (SSSR count). The van der Waals surface area contributed by atoms with E-state index in [1.165, 1.54) is 10.5 Å². The van der Waals surface area contributed by atoms with Gasteiger partial charge in [0.05, 0.1) is 0 Å². The highest BCUT2D eigenvalue weighted by molar-refractivity contribution is 7.99. The number of aromatic nitrogens is 1.